The third-order valence-electron chi connectivity index (χ3n) is 4.15. The van der Waals surface area contributed by atoms with Gasteiger partial charge in [0.05, 0.1) is 0 Å². The van der Waals surface area contributed by atoms with Crippen molar-refractivity contribution >= 4 is 47.7 Å². The molecule has 1 fully saturated rings. The summed E-state index contributed by atoms with van der Waals surface area (Å²) in [5.74, 6) is 0. The monoisotopic (exact) mass is 650 g/mol. The summed E-state index contributed by atoms with van der Waals surface area (Å²) in [5, 5.41) is 8.99. The fraction of sp³-hybridized carbons (Fsp3) is 0.778. The Morgan fingerprint density at radius 2 is 1.83 bits per heavy atom. The normalized spacial score (nSPS) is 21.0. The van der Waals surface area contributed by atoms with Crippen LogP contribution in [0, 0.1) is 0 Å². The van der Waals surface area contributed by atoms with Crippen molar-refractivity contribution in [3.05, 3.63) is 34.6 Å². The van der Waals surface area contributed by atoms with Gasteiger partial charge in [0, 0.05) is 0 Å². The van der Waals surface area contributed by atoms with E-state index in [4.69, 9.17) is 0 Å². The molecule has 2 heterocycles. The van der Waals surface area contributed by atoms with Gasteiger partial charge < -0.3 is 10.6 Å². The van der Waals surface area contributed by atoms with E-state index < -0.39 is 10.4 Å². The van der Waals surface area contributed by atoms with E-state index >= 15 is 0 Å². The molecular formula is C18H32I2N2Sn-2. The van der Waals surface area contributed by atoms with Crippen LogP contribution in [0.25, 0.3) is 10.6 Å². The van der Waals surface area contributed by atoms with Crippen molar-refractivity contribution in [3.8, 4) is 0 Å². The molecule has 0 spiro atoms. The zero-order valence-corrected chi connectivity index (χ0v) is 21.9. The molecular weight excluding hydrogens is 617 g/mol. The van der Waals surface area contributed by atoms with E-state index in [1.807, 2.05) is 0 Å². The molecule has 0 radical (unpaired) electrons. The van der Waals surface area contributed by atoms with Crippen LogP contribution >= 0.6 is 37.3 Å². The first-order chi connectivity index (χ1) is 11.1. The predicted octanol–water partition coefficient (Wildman–Crippen LogP) is 7.64. The van der Waals surface area contributed by atoms with E-state index in [9.17, 15) is 0 Å². The average molecular weight is 649 g/mol. The van der Waals surface area contributed by atoms with Crippen molar-refractivity contribution in [2.75, 3.05) is 13.1 Å². The molecule has 0 bridgehead atoms. The zero-order chi connectivity index (χ0) is 17.0. The minimum atomic E-state index is -1.50. The number of nitrogens with zero attached hydrogens (tertiary/aromatic N) is 2. The fourth-order valence-electron chi connectivity index (χ4n) is 2.68. The second-order valence-electron chi connectivity index (χ2n) is 6.34. The van der Waals surface area contributed by atoms with Crippen LogP contribution in [0.5, 0.6) is 0 Å². The molecule has 0 saturated carbocycles. The Balaban J connectivity index is 0.000000232. The van der Waals surface area contributed by atoms with Gasteiger partial charge in [0.1, 0.15) is 0 Å². The number of halogens is 2. The van der Waals surface area contributed by atoms with Gasteiger partial charge in [-0.05, 0) is 0 Å². The summed E-state index contributed by atoms with van der Waals surface area (Å²) in [6.07, 6.45) is 15.8. The van der Waals surface area contributed by atoms with Crippen LogP contribution in [0.15, 0.2) is 23.9 Å². The maximum absolute atomic E-state index is 4.56. The summed E-state index contributed by atoms with van der Waals surface area (Å²) in [6.45, 7) is 6.48. The summed E-state index contributed by atoms with van der Waals surface area (Å²) < 4.78 is 3.18. The quantitative estimate of drug-likeness (QED) is 0.201. The molecule has 1 unspecified atom stereocenters. The molecule has 23 heavy (non-hydrogen) atoms. The Kier molecular flexibility index (Phi) is 13.4. The summed E-state index contributed by atoms with van der Waals surface area (Å²) in [7, 11) is -1.50. The molecule has 2 nitrogen and oxygen atoms in total. The van der Waals surface area contributed by atoms with Crippen LogP contribution in [0.2, 0.25) is 8.87 Å². The molecule has 2 aliphatic rings. The molecule has 0 amide bonds. The summed E-state index contributed by atoms with van der Waals surface area (Å²) in [5.41, 5.74) is 1.19. The first kappa shape index (κ1) is 22.5. The van der Waals surface area contributed by atoms with Crippen molar-refractivity contribution < 1.29 is 0 Å². The van der Waals surface area contributed by atoms with Gasteiger partial charge in [0.25, 0.3) is 0 Å². The summed E-state index contributed by atoms with van der Waals surface area (Å²) in [6, 6.07) is 0.406. The van der Waals surface area contributed by atoms with Crippen molar-refractivity contribution in [1.29, 1.82) is 0 Å². The van der Waals surface area contributed by atoms with Crippen LogP contribution < -0.4 is 0 Å². The predicted molar refractivity (Wildman–Crippen MR) is 125 cm³/mol. The van der Waals surface area contributed by atoms with Gasteiger partial charge in [-0.3, -0.25) is 0 Å². The Morgan fingerprint density at radius 1 is 1.13 bits per heavy atom. The first-order valence-electron chi connectivity index (χ1n) is 9.17. The van der Waals surface area contributed by atoms with Crippen molar-refractivity contribution in [2.24, 2.45) is 0 Å². The second kappa shape index (κ2) is 13.7. The van der Waals surface area contributed by atoms with E-state index in [0.717, 1.165) is 13.1 Å². The molecule has 134 valence electrons. The zero-order valence-electron chi connectivity index (χ0n) is 14.7. The van der Waals surface area contributed by atoms with E-state index in [1.54, 1.807) is 8.87 Å². The van der Waals surface area contributed by atoms with Gasteiger partial charge >= 0.3 is 96.1 Å². The number of unbranched alkanes of at least 4 members (excludes halogenated alkanes) is 2. The van der Waals surface area contributed by atoms with Gasteiger partial charge in [-0.15, -0.1) is 25.2 Å². The molecule has 0 aromatic rings. The van der Waals surface area contributed by atoms with E-state index in [-0.39, 0.29) is 0 Å². The average Bonchev–Trinajstić information content (AvgIpc) is 2.60. The topological polar surface area (TPSA) is 28.2 Å². The van der Waals surface area contributed by atoms with Crippen LogP contribution in [-0.4, -0.2) is 29.6 Å². The SMILES string of the molecule is C1=CC[N-]C(C2CCCC[N-]2)=C1.CCC[CH2][Sn]([I])([I])[CH2]CCC. The number of rotatable bonds is 7. The van der Waals surface area contributed by atoms with E-state index in [0.29, 0.717) is 6.04 Å². The molecule has 1 saturated heterocycles. The Hall–Kier alpha value is 1.50. The number of piperidine rings is 1. The number of hydrogen-bond acceptors (Lipinski definition) is 0. The van der Waals surface area contributed by atoms with Crippen molar-refractivity contribution in [3.63, 3.8) is 0 Å². The van der Waals surface area contributed by atoms with Gasteiger partial charge in [-0.25, -0.2) is 0 Å². The third kappa shape index (κ3) is 10.9. The first-order valence-corrected chi connectivity index (χ1v) is 29.8. The molecule has 0 N–H and O–H groups in total. The van der Waals surface area contributed by atoms with Gasteiger partial charge in [-0.2, -0.15) is 5.70 Å². The molecule has 2 aliphatic heterocycles. The molecule has 5 heteroatoms. The number of hydrogen-bond donors (Lipinski definition) is 0. The van der Waals surface area contributed by atoms with Crippen LogP contribution in [-0.2, 0) is 0 Å². The van der Waals surface area contributed by atoms with Crippen LogP contribution in [0.3, 0.4) is 0 Å². The third-order valence-corrected chi connectivity index (χ3v) is 24.8. The van der Waals surface area contributed by atoms with Gasteiger partial charge in [-0.1, -0.05) is 31.4 Å². The van der Waals surface area contributed by atoms with Gasteiger partial charge in [0.15, 0.2) is 0 Å². The van der Waals surface area contributed by atoms with Crippen LogP contribution in [0.4, 0.5) is 0 Å². The second-order valence-corrected chi connectivity index (χ2v) is 55.6. The minimum absolute atomic E-state index is 0.406. The van der Waals surface area contributed by atoms with Gasteiger partial charge in [0.2, 0.25) is 0 Å². The van der Waals surface area contributed by atoms with E-state index in [2.05, 4.69) is 80.0 Å². The molecule has 0 aromatic heterocycles. The standard InChI is InChI=1S/C10H14N2.2C4H9.2HI.Sn/c1-3-7-11-9(5-1)10-6-2-4-8-12-10;2*1-3-4-2;;;/h1,3,5,10H,2,4,6-8H2;2*1,3-4H2,2H3;2*1H;/q-2;;;;;+2/p-2. The van der Waals surface area contributed by atoms with Crippen LogP contribution in [0.1, 0.15) is 58.8 Å². The van der Waals surface area contributed by atoms with Crippen molar-refractivity contribution in [2.45, 2.75) is 73.7 Å². The fourth-order valence-corrected chi connectivity index (χ4v) is 18.6. The molecule has 2 rings (SSSR count). The molecule has 1 atom stereocenters. The summed E-state index contributed by atoms with van der Waals surface area (Å²) >= 11 is 5.64. The Labute approximate surface area is 167 Å². The van der Waals surface area contributed by atoms with Crippen molar-refractivity contribution in [1.82, 2.24) is 0 Å². The van der Waals surface area contributed by atoms with E-state index in [1.165, 1.54) is 50.6 Å². The Morgan fingerprint density at radius 3 is 2.30 bits per heavy atom. The Bertz CT molecular complexity index is 354. The number of allylic oxidation sites excluding steroid dienone is 2. The summed E-state index contributed by atoms with van der Waals surface area (Å²) in [4.78, 5) is 0. The molecule has 0 aliphatic carbocycles. The molecule has 0 aromatic carbocycles. The maximum atomic E-state index is 4.56.